The quantitative estimate of drug-likeness (QED) is 0.698. The summed E-state index contributed by atoms with van der Waals surface area (Å²) in [6.45, 7) is 5.88. The second kappa shape index (κ2) is 8.10. The first-order valence-electron chi connectivity index (χ1n) is 8.54. The number of sulfone groups is 1. The lowest BCUT2D eigenvalue weighted by Crippen LogP contribution is -2.49. The molecule has 0 bridgehead atoms. The number of nitrogens with one attached hydrogen (secondary N) is 2. The summed E-state index contributed by atoms with van der Waals surface area (Å²) in [6.07, 6.45) is 0.994. The summed E-state index contributed by atoms with van der Waals surface area (Å²) in [7, 11) is -7.64. The number of benzene rings is 2. The lowest BCUT2D eigenvalue weighted by atomic mass is 10.0. The molecule has 0 saturated carbocycles. The van der Waals surface area contributed by atoms with Crippen LogP contribution < -0.4 is 10.0 Å². The summed E-state index contributed by atoms with van der Waals surface area (Å²) >= 11 is 0. The van der Waals surface area contributed by atoms with Crippen molar-refractivity contribution in [2.24, 2.45) is 0 Å². The van der Waals surface area contributed by atoms with Crippen LogP contribution in [0.2, 0.25) is 0 Å². The molecule has 27 heavy (non-hydrogen) atoms. The van der Waals surface area contributed by atoms with E-state index in [0.717, 1.165) is 11.8 Å². The van der Waals surface area contributed by atoms with Gasteiger partial charge in [-0.25, -0.2) is 21.6 Å². The molecule has 2 aromatic rings. The largest absolute Gasteiger partial charge is 0.304 e. The minimum absolute atomic E-state index is 0.0222. The maximum Gasteiger partial charge on any atom is 0.241 e. The molecule has 2 rings (SSSR count). The van der Waals surface area contributed by atoms with Gasteiger partial charge < -0.3 is 5.32 Å². The molecule has 8 heteroatoms. The molecular formula is C19H26N2O4S2. The van der Waals surface area contributed by atoms with E-state index in [1.807, 2.05) is 51.1 Å². The van der Waals surface area contributed by atoms with Crippen molar-refractivity contribution in [1.29, 1.82) is 0 Å². The van der Waals surface area contributed by atoms with E-state index in [1.165, 1.54) is 24.3 Å². The van der Waals surface area contributed by atoms with E-state index in [9.17, 15) is 16.8 Å². The molecule has 0 fully saturated rings. The zero-order valence-corrected chi connectivity index (χ0v) is 17.6. The first-order chi connectivity index (χ1) is 12.4. The zero-order valence-electron chi connectivity index (χ0n) is 15.9. The van der Waals surface area contributed by atoms with Crippen LogP contribution in [0.1, 0.15) is 32.4 Å². The molecule has 2 N–H and O–H groups in total. The first-order valence-corrected chi connectivity index (χ1v) is 11.9. The van der Waals surface area contributed by atoms with E-state index in [4.69, 9.17) is 0 Å². The highest BCUT2D eigenvalue weighted by molar-refractivity contribution is 7.93. The molecule has 2 aromatic carbocycles. The summed E-state index contributed by atoms with van der Waals surface area (Å²) in [5.74, 6) is 0. The number of hydrogen-bond acceptors (Lipinski definition) is 5. The van der Waals surface area contributed by atoms with E-state index in [1.54, 1.807) is 0 Å². The van der Waals surface area contributed by atoms with Crippen LogP contribution >= 0.6 is 0 Å². The normalized spacial score (nSPS) is 14.1. The van der Waals surface area contributed by atoms with Crippen LogP contribution in [0.4, 0.5) is 0 Å². The van der Waals surface area contributed by atoms with Gasteiger partial charge in [-0.1, -0.05) is 42.5 Å². The monoisotopic (exact) mass is 410 g/mol. The van der Waals surface area contributed by atoms with Crippen molar-refractivity contribution in [3.8, 4) is 0 Å². The predicted octanol–water partition coefficient (Wildman–Crippen LogP) is 2.50. The van der Waals surface area contributed by atoms with Gasteiger partial charge in [0.25, 0.3) is 0 Å². The summed E-state index contributed by atoms with van der Waals surface area (Å²) < 4.78 is 51.7. The topological polar surface area (TPSA) is 92.3 Å². The second-order valence-electron chi connectivity index (χ2n) is 7.20. The van der Waals surface area contributed by atoms with E-state index >= 15 is 0 Å². The van der Waals surface area contributed by atoms with Gasteiger partial charge in [-0.3, -0.25) is 0 Å². The molecule has 6 nitrogen and oxygen atoms in total. The lowest BCUT2D eigenvalue weighted by molar-refractivity contribution is 0.346. The van der Waals surface area contributed by atoms with Crippen molar-refractivity contribution < 1.29 is 16.8 Å². The minimum atomic E-state index is -3.98. The molecule has 0 heterocycles. The Labute approximate surface area is 162 Å². The van der Waals surface area contributed by atoms with Crippen LogP contribution in [0.3, 0.4) is 0 Å². The first kappa shape index (κ1) is 21.6. The smallest absolute Gasteiger partial charge is 0.241 e. The number of rotatable bonds is 8. The van der Waals surface area contributed by atoms with Gasteiger partial charge in [-0.2, -0.15) is 0 Å². The van der Waals surface area contributed by atoms with E-state index < -0.39 is 25.4 Å². The van der Waals surface area contributed by atoms with E-state index in [2.05, 4.69) is 10.0 Å². The van der Waals surface area contributed by atoms with Crippen LogP contribution in [-0.2, 0) is 19.9 Å². The molecule has 148 valence electrons. The van der Waals surface area contributed by atoms with Crippen molar-refractivity contribution in [2.45, 2.75) is 42.1 Å². The minimum Gasteiger partial charge on any atom is -0.304 e. The molecule has 0 saturated heterocycles. The Morgan fingerprint density at radius 3 is 1.96 bits per heavy atom. The zero-order chi connectivity index (χ0) is 20.3. The fourth-order valence-electron chi connectivity index (χ4n) is 2.79. The molecule has 0 aliphatic rings. The number of sulfonamides is 1. The van der Waals surface area contributed by atoms with Gasteiger partial charge in [0.1, 0.15) is 4.90 Å². The van der Waals surface area contributed by atoms with E-state index in [-0.39, 0.29) is 22.4 Å². The molecule has 0 aliphatic heterocycles. The summed E-state index contributed by atoms with van der Waals surface area (Å²) in [5.41, 5.74) is 0.540. The third kappa shape index (κ3) is 5.87. The van der Waals surface area contributed by atoms with Gasteiger partial charge in [0.2, 0.25) is 10.0 Å². The summed E-state index contributed by atoms with van der Waals surface area (Å²) in [6, 6.07) is 15.5. The van der Waals surface area contributed by atoms with E-state index in [0.29, 0.717) is 0 Å². The van der Waals surface area contributed by atoms with Gasteiger partial charge in [-0.15, -0.1) is 0 Å². The van der Waals surface area contributed by atoms with Crippen LogP contribution in [-0.4, -0.2) is 35.2 Å². The average Bonchev–Trinajstić information content (AvgIpc) is 2.60. The summed E-state index contributed by atoms with van der Waals surface area (Å²) in [5, 5.41) is 3.40. The number of hydrogen-bond donors (Lipinski definition) is 2. The Morgan fingerprint density at radius 2 is 1.41 bits per heavy atom. The Balaban J connectivity index is 2.15. The van der Waals surface area contributed by atoms with Gasteiger partial charge in [0, 0.05) is 24.4 Å². The van der Waals surface area contributed by atoms with Crippen molar-refractivity contribution in [3.05, 3.63) is 60.2 Å². The maximum absolute atomic E-state index is 12.7. The highest BCUT2D eigenvalue weighted by atomic mass is 32.2. The molecule has 0 aliphatic carbocycles. The van der Waals surface area contributed by atoms with Crippen LogP contribution in [0.15, 0.2) is 64.4 Å². The van der Waals surface area contributed by atoms with Crippen LogP contribution in [0.5, 0.6) is 0 Å². The second-order valence-corrected chi connectivity index (χ2v) is 10.9. The fourth-order valence-corrected chi connectivity index (χ4v) is 5.63. The Bertz CT molecular complexity index is 985. The Morgan fingerprint density at radius 1 is 0.889 bits per heavy atom. The van der Waals surface area contributed by atoms with Crippen molar-refractivity contribution in [1.82, 2.24) is 10.0 Å². The Kier molecular flexibility index (Phi) is 6.47. The molecule has 0 aromatic heterocycles. The highest BCUT2D eigenvalue weighted by Crippen LogP contribution is 2.21. The fraction of sp³-hybridized carbons (Fsp3) is 0.368. The molecule has 1 atom stereocenters. The van der Waals surface area contributed by atoms with Gasteiger partial charge in [0.05, 0.1) is 4.90 Å². The average molecular weight is 411 g/mol. The lowest BCUT2D eigenvalue weighted by Gasteiger charge is -2.31. The SMILES string of the molecule is CC(NC(C)(C)CNS(=O)(=O)c1ccccc1S(C)(=O)=O)c1ccccc1. The van der Waals surface area contributed by atoms with Crippen molar-refractivity contribution in [2.75, 3.05) is 12.8 Å². The molecule has 1 unspecified atom stereocenters. The molecular weight excluding hydrogens is 384 g/mol. The highest BCUT2D eigenvalue weighted by Gasteiger charge is 2.27. The van der Waals surface area contributed by atoms with Crippen molar-refractivity contribution in [3.63, 3.8) is 0 Å². The standard InChI is InChI=1S/C19H26N2O4S2/c1-15(16-10-6-5-7-11-16)21-19(2,3)14-20-27(24,25)18-13-9-8-12-17(18)26(4,22)23/h5-13,15,20-21H,14H2,1-4H3. The van der Waals surface area contributed by atoms with Crippen molar-refractivity contribution >= 4 is 19.9 Å². The van der Waals surface area contributed by atoms with Gasteiger partial charge in [-0.05, 0) is 38.5 Å². The predicted molar refractivity (Wildman–Crippen MR) is 107 cm³/mol. The summed E-state index contributed by atoms with van der Waals surface area (Å²) in [4.78, 5) is -0.444. The third-order valence-electron chi connectivity index (χ3n) is 4.15. The van der Waals surface area contributed by atoms with Crippen LogP contribution in [0.25, 0.3) is 0 Å². The van der Waals surface area contributed by atoms with Gasteiger partial charge >= 0.3 is 0 Å². The van der Waals surface area contributed by atoms with Gasteiger partial charge in [0.15, 0.2) is 9.84 Å². The maximum atomic E-state index is 12.7. The van der Waals surface area contributed by atoms with Crippen LogP contribution in [0, 0.1) is 0 Å². The molecule has 0 radical (unpaired) electrons. The Hall–Kier alpha value is -1.74. The molecule has 0 spiro atoms. The molecule has 0 amide bonds. The third-order valence-corrected chi connectivity index (χ3v) is 6.89.